The maximum atomic E-state index is 11.9. The fourth-order valence-electron chi connectivity index (χ4n) is 2.42. The van der Waals surface area contributed by atoms with E-state index in [1.165, 1.54) is 12.3 Å². The maximum absolute atomic E-state index is 11.9. The third-order valence-electron chi connectivity index (χ3n) is 3.85. The smallest absolute Gasteiger partial charge is 0.260 e. The van der Waals surface area contributed by atoms with Crippen molar-refractivity contribution in [2.45, 2.75) is 38.2 Å². The van der Waals surface area contributed by atoms with Crippen LogP contribution in [0, 0.1) is 5.92 Å². The number of carbonyl (C=O) groups excluding carboxylic acids is 1. The lowest BCUT2D eigenvalue weighted by atomic mass is 9.79. The molecule has 1 fully saturated rings. The summed E-state index contributed by atoms with van der Waals surface area (Å²) in [6.45, 7) is 2.37. The molecule has 1 aliphatic carbocycles. The summed E-state index contributed by atoms with van der Waals surface area (Å²) in [5, 5.41) is 13.0. The van der Waals surface area contributed by atoms with Gasteiger partial charge in [-0.1, -0.05) is 6.92 Å². The van der Waals surface area contributed by atoms with Crippen molar-refractivity contribution in [3.8, 4) is 0 Å². The first-order chi connectivity index (χ1) is 9.00. The predicted molar refractivity (Wildman–Crippen MR) is 72.0 cm³/mol. The first-order valence-electron chi connectivity index (χ1n) is 6.68. The molecule has 0 spiro atoms. The van der Waals surface area contributed by atoms with Gasteiger partial charge < -0.3 is 15.4 Å². The Balaban J connectivity index is 1.94. The third kappa shape index (κ3) is 3.44. The topological polar surface area (TPSA) is 82.2 Å². The van der Waals surface area contributed by atoms with Gasteiger partial charge in [-0.3, -0.25) is 9.59 Å². The van der Waals surface area contributed by atoms with Crippen molar-refractivity contribution in [2.24, 2.45) is 5.92 Å². The molecule has 1 amide bonds. The molecule has 1 heterocycles. The van der Waals surface area contributed by atoms with Crippen LogP contribution < -0.4 is 10.9 Å². The first kappa shape index (κ1) is 13.8. The molecule has 1 aromatic rings. The van der Waals surface area contributed by atoms with E-state index in [9.17, 15) is 14.7 Å². The minimum absolute atomic E-state index is 0.0790. The number of nitrogens with one attached hydrogen (secondary N) is 2. The molecule has 2 rings (SSSR count). The third-order valence-corrected chi connectivity index (χ3v) is 3.85. The van der Waals surface area contributed by atoms with Crippen LogP contribution >= 0.6 is 0 Å². The fraction of sp³-hybridized carbons (Fsp3) is 0.571. The summed E-state index contributed by atoms with van der Waals surface area (Å²) in [4.78, 5) is 25.8. The predicted octanol–water partition coefficient (Wildman–Crippen LogP) is 1.05. The van der Waals surface area contributed by atoms with Gasteiger partial charge in [0, 0.05) is 12.7 Å². The van der Waals surface area contributed by atoms with Crippen molar-refractivity contribution in [1.82, 2.24) is 10.3 Å². The van der Waals surface area contributed by atoms with E-state index in [1.807, 2.05) is 0 Å². The van der Waals surface area contributed by atoms with Crippen LogP contribution in [-0.4, -0.2) is 28.1 Å². The summed E-state index contributed by atoms with van der Waals surface area (Å²) >= 11 is 0. The van der Waals surface area contributed by atoms with Gasteiger partial charge in [0.15, 0.2) is 0 Å². The van der Waals surface area contributed by atoms with Crippen LogP contribution in [0.1, 0.15) is 43.0 Å². The van der Waals surface area contributed by atoms with Crippen molar-refractivity contribution >= 4 is 5.91 Å². The van der Waals surface area contributed by atoms with Crippen LogP contribution in [0.15, 0.2) is 23.1 Å². The van der Waals surface area contributed by atoms with Gasteiger partial charge in [0.25, 0.3) is 11.5 Å². The standard InChI is InChI=1S/C14H20N2O3/c1-10-4-6-14(19,7-5-10)9-16-13(18)11-3-2-8-15-12(11)17/h2-3,8,10,19H,4-7,9H2,1H3,(H,15,17)(H,16,18). The van der Waals surface area contributed by atoms with Gasteiger partial charge in [-0.05, 0) is 43.7 Å². The number of hydrogen-bond donors (Lipinski definition) is 3. The average Bonchev–Trinajstić information content (AvgIpc) is 2.41. The number of carbonyl (C=O) groups is 1. The molecule has 0 aromatic carbocycles. The van der Waals surface area contributed by atoms with E-state index in [0.717, 1.165) is 12.8 Å². The minimum atomic E-state index is -0.830. The van der Waals surface area contributed by atoms with Gasteiger partial charge >= 0.3 is 0 Å². The highest BCUT2D eigenvalue weighted by molar-refractivity contribution is 5.93. The van der Waals surface area contributed by atoms with Crippen molar-refractivity contribution in [2.75, 3.05) is 6.54 Å². The number of aromatic nitrogens is 1. The highest BCUT2D eigenvalue weighted by Crippen LogP contribution is 2.31. The van der Waals surface area contributed by atoms with Crippen molar-refractivity contribution in [1.29, 1.82) is 0 Å². The molecular formula is C14H20N2O3. The van der Waals surface area contributed by atoms with E-state index >= 15 is 0 Å². The monoisotopic (exact) mass is 264 g/mol. The zero-order valence-corrected chi connectivity index (χ0v) is 11.1. The summed E-state index contributed by atoms with van der Waals surface area (Å²) in [5.74, 6) is 0.196. The highest BCUT2D eigenvalue weighted by Gasteiger charge is 2.32. The Morgan fingerprint density at radius 2 is 2.21 bits per heavy atom. The molecule has 1 saturated carbocycles. The highest BCUT2D eigenvalue weighted by atomic mass is 16.3. The van der Waals surface area contributed by atoms with Gasteiger partial charge in [0.05, 0.1) is 5.60 Å². The van der Waals surface area contributed by atoms with Crippen LogP contribution in [0.5, 0.6) is 0 Å². The summed E-state index contributed by atoms with van der Waals surface area (Å²) in [7, 11) is 0. The SMILES string of the molecule is CC1CCC(O)(CNC(=O)c2ccc[nH]c2=O)CC1. The zero-order valence-electron chi connectivity index (χ0n) is 11.1. The Hall–Kier alpha value is -1.62. The molecule has 104 valence electrons. The molecule has 5 nitrogen and oxygen atoms in total. The number of hydrogen-bond acceptors (Lipinski definition) is 3. The van der Waals surface area contributed by atoms with Crippen LogP contribution in [0.2, 0.25) is 0 Å². The lowest BCUT2D eigenvalue weighted by molar-refractivity contribution is -0.00541. The molecule has 19 heavy (non-hydrogen) atoms. The molecule has 0 unspecified atom stereocenters. The molecule has 0 saturated heterocycles. The molecule has 3 N–H and O–H groups in total. The molecule has 0 bridgehead atoms. The van der Waals surface area contributed by atoms with E-state index in [2.05, 4.69) is 17.2 Å². The first-order valence-corrected chi connectivity index (χ1v) is 6.68. The van der Waals surface area contributed by atoms with Crippen LogP contribution in [0.3, 0.4) is 0 Å². The van der Waals surface area contributed by atoms with E-state index in [4.69, 9.17) is 0 Å². The van der Waals surface area contributed by atoms with Gasteiger partial charge in [0.2, 0.25) is 0 Å². The molecule has 0 aliphatic heterocycles. The largest absolute Gasteiger partial charge is 0.388 e. The molecule has 5 heteroatoms. The second-order valence-corrected chi connectivity index (χ2v) is 5.50. The number of pyridine rings is 1. The van der Waals surface area contributed by atoms with Crippen molar-refractivity contribution in [3.05, 3.63) is 34.2 Å². The van der Waals surface area contributed by atoms with Crippen molar-refractivity contribution < 1.29 is 9.90 Å². The van der Waals surface area contributed by atoms with Crippen LogP contribution in [-0.2, 0) is 0 Å². The van der Waals surface area contributed by atoms with Gasteiger partial charge in [-0.25, -0.2) is 0 Å². The van der Waals surface area contributed by atoms with Crippen LogP contribution in [0.4, 0.5) is 0 Å². The summed E-state index contributed by atoms with van der Waals surface area (Å²) in [6.07, 6.45) is 4.81. The Morgan fingerprint density at radius 1 is 1.53 bits per heavy atom. The van der Waals surface area contributed by atoms with Crippen LogP contribution in [0.25, 0.3) is 0 Å². The Bertz CT molecular complexity index is 501. The van der Waals surface area contributed by atoms with E-state index in [-0.39, 0.29) is 12.1 Å². The quantitative estimate of drug-likeness (QED) is 0.763. The number of aliphatic hydroxyl groups is 1. The second kappa shape index (κ2) is 5.57. The molecule has 0 atom stereocenters. The summed E-state index contributed by atoms with van der Waals surface area (Å²) < 4.78 is 0. The van der Waals surface area contributed by atoms with E-state index in [1.54, 1.807) is 6.07 Å². The number of rotatable bonds is 3. The summed E-state index contributed by atoms with van der Waals surface area (Å²) in [6, 6.07) is 3.08. The number of amides is 1. The molecule has 1 aliphatic rings. The Morgan fingerprint density at radius 3 is 2.84 bits per heavy atom. The number of H-pyrrole nitrogens is 1. The Kier molecular flexibility index (Phi) is 4.04. The normalized spacial score (nSPS) is 26.9. The second-order valence-electron chi connectivity index (χ2n) is 5.50. The molecule has 1 aromatic heterocycles. The summed E-state index contributed by atoms with van der Waals surface area (Å²) in [5.41, 5.74) is -1.16. The minimum Gasteiger partial charge on any atom is -0.388 e. The van der Waals surface area contributed by atoms with Gasteiger partial charge in [-0.15, -0.1) is 0 Å². The maximum Gasteiger partial charge on any atom is 0.260 e. The average molecular weight is 264 g/mol. The molecule has 0 radical (unpaired) electrons. The van der Waals surface area contributed by atoms with Crippen molar-refractivity contribution in [3.63, 3.8) is 0 Å². The van der Waals surface area contributed by atoms with Gasteiger partial charge in [0.1, 0.15) is 5.56 Å². The lowest BCUT2D eigenvalue weighted by Gasteiger charge is -2.34. The Labute approximate surface area is 112 Å². The van der Waals surface area contributed by atoms with E-state index < -0.39 is 17.1 Å². The number of aromatic amines is 1. The fourth-order valence-corrected chi connectivity index (χ4v) is 2.42. The zero-order chi connectivity index (χ0) is 13.9. The van der Waals surface area contributed by atoms with E-state index in [0.29, 0.717) is 18.8 Å². The molecular weight excluding hydrogens is 244 g/mol. The van der Waals surface area contributed by atoms with Gasteiger partial charge in [-0.2, -0.15) is 0 Å². The lowest BCUT2D eigenvalue weighted by Crippen LogP contribution is -2.45.